The zero-order valence-corrected chi connectivity index (χ0v) is 17.7. The Kier molecular flexibility index (Phi) is 6.55. The first-order valence-electron chi connectivity index (χ1n) is 8.97. The van der Waals surface area contributed by atoms with Crippen LogP contribution in [0.1, 0.15) is 41.1 Å². The number of hydrogen-bond acceptors (Lipinski definition) is 5. The lowest BCUT2D eigenvalue weighted by Crippen LogP contribution is -2.21. The minimum Gasteiger partial charge on any atom is -0.484 e. The fraction of sp³-hybridized carbons (Fsp3) is 0.400. The molecule has 7 heteroatoms. The molecule has 1 amide bonds. The number of thiophene rings is 1. The van der Waals surface area contributed by atoms with Gasteiger partial charge < -0.3 is 14.8 Å². The second-order valence-corrected chi connectivity index (χ2v) is 8.59. The number of nitrogens with one attached hydrogen (secondary N) is 1. The van der Waals surface area contributed by atoms with Crippen LogP contribution in [0.3, 0.4) is 0 Å². The maximum absolute atomic E-state index is 12.5. The van der Waals surface area contributed by atoms with Gasteiger partial charge in [0.1, 0.15) is 10.8 Å². The first kappa shape index (κ1) is 19.9. The van der Waals surface area contributed by atoms with Crippen molar-refractivity contribution < 1.29 is 19.1 Å². The van der Waals surface area contributed by atoms with Gasteiger partial charge in [-0.3, -0.25) is 4.79 Å². The molecule has 1 aliphatic rings. The van der Waals surface area contributed by atoms with E-state index in [9.17, 15) is 9.59 Å². The molecule has 144 valence electrons. The lowest BCUT2D eigenvalue weighted by atomic mass is 9.88. The summed E-state index contributed by atoms with van der Waals surface area (Å²) in [4.78, 5) is 26.0. The fourth-order valence-corrected chi connectivity index (χ4v) is 4.78. The molecule has 3 rings (SSSR count). The van der Waals surface area contributed by atoms with Crippen LogP contribution in [-0.4, -0.2) is 25.1 Å². The van der Waals surface area contributed by atoms with Crippen LogP contribution in [0.4, 0.5) is 5.00 Å². The summed E-state index contributed by atoms with van der Waals surface area (Å²) in [6.45, 7) is 4.17. The molecule has 0 fully saturated rings. The van der Waals surface area contributed by atoms with Crippen LogP contribution in [0.5, 0.6) is 5.75 Å². The van der Waals surface area contributed by atoms with Gasteiger partial charge in [0.2, 0.25) is 0 Å². The fourth-order valence-electron chi connectivity index (χ4n) is 3.10. The van der Waals surface area contributed by atoms with Crippen LogP contribution in [-0.2, 0) is 22.4 Å². The third-order valence-electron chi connectivity index (χ3n) is 4.43. The molecular weight excluding hydrogens is 430 g/mol. The van der Waals surface area contributed by atoms with Crippen molar-refractivity contribution in [2.75, 3.05) is 18.5 Å². The maximum Gasteiger partial charge on any atom is 0.341 e. The smallest absolute Gasteiger partial charge is 0.341 e. The Bertz CT molecular complexity index is 831. The highest BCUT2D eigenvalue weighted by molar-refractivity contribution is 9.10. The minimum atomic E-state index is -0.367. The Morgan fingerprint density at radius 1 is 1.30 bits per heavy atom. The van der Waals surface area contributed by atoms with Crippen molar-refractivity contribution in [3.8, 4) is 5.75 Å². The largest absolute Gasteiger partial charge is 0.484 e. The highest BCUT2D eigenvalue weighted by Crippen LogP contribution is 2.40. The Morgan fingerprint density at radius 3 is 2.74 bits per heavy atom. The lowest BCUT2D eigenvalue weighted by molar-refractivity contribution is -0.118. The number of benzene rings is 1. The van der Waals surface area contributed by atoms with E-state index >= 15 is 0 Å². The first-order valence-corrected chi connectivity index (χ1v) is 10.6. The molecular formula is C20H22BrNO4S. The highest BCUT2D eigenvalue weighted by Gasteiger charge is 2.29. The lowest BCUT2D eigenvalue weighted by Gasteiger charge is -2.18. The van der Waals surface area contributed by atoms with E-state index in [-0.39, 0.29) is 18.5 Å². The number of ether oxygens (including phenoxy) is 2. The van der Waals surface area contributed by atoms with Crippen molar-refractivity contribution in [3.05, 3.63) is 44.7 Å². The third-order valence-corrected chi connectivity index (χ3v) is 6.13. The molecule has 5 nitrogen and oxygen atoms in total. The van der Waals surface area contributed by atoms with Crippen LogP contribution < -0.4 is 10.1 Å². The van der Waals surface area contributed by atoms with Crippen molar-refractivity contribution in [2.45, 2.75) is 33.1 Å². The SMILES string of the molecule is CCOC(=O)c1c(NC(=O)COc2ccc(Br)cc2)sc2c1CCC(C)C2. The first-order chi connectivity index (χ1) is 13.0. The molecule has 1 aromatic carbocycles. The number of amides is 1. The van der Waals surface area contributed by atoms with E-state index in [0.717, 1.165) is 29.3 Å². The topological polar surface area (TPSA) is 64.6 Å². The molecule has 2 aromatic rings. The standard InChI is InChI=1S/C20H22BrNO4S/c1-3-25-20(24)18-15-9-4-12(2)10-16(15)27-19(18)22-17(23)11-26-14-7-5-13(21)6-8-14/h5-8,12H,3-4,9-11H2,1-2H3,(H,22,23). The molecule has 1 aromatic heterocycles. The zero-order chi connectivity index (χ0) is 19.4. The molecule has 0 bridgehead atoms. The van der Waals surface area contributed by atoms with E-state index in [2.05, 4.69) is 28.2 Å². The van der Waals surface area contributed by atoms with Gasteiger partial charge >= 0.3 is 5.97 Å². The quantitative estimate of drug-likeness (QED) is 0.638. The number of hydrogen-bond donors (Lipinski definition) is 1. The van der Waals surface area contributed by atoms with Crippen molar-refractivity contribution >= 4 is 44.1 Å². The number of fused-ring (bicyclic) bond motifs is 1. The second kappa shape index (κ2) is 8.89. The molecule has 1 aliphatic carbocycles. The van der Waals surface area contributed by atoms with Gasteiger partial charge in [0.15, 0.2) is 6.61 Å². The number of esters is 1. The van der Waals surface area contributed by atoms with E-state index in [4.69, 9.17) is 9.47 Å². The van der Waals surface area contributed by atoms with Crippen molar-refractivity contribution in [2.24, 2.45) is 5.92 Å². The summed E-state index contributed by atoms with van der Waals surface area (Å²) in [5.41, 5.74) is 1.54. The highest BCUT2D eigenvalue weighted by atomic mass is 79.9. The van der Waals surface area contributed by atoms with Crippen LogP contribution in [0.2, 0.25) is 0 Å². The Balaban J connectivity index is 1.73. The summed E-state index contributed by atoms with van der Waals surface area (Å²) in [5, 5.41) is 3.41. The Labute approximate surface area is 171 Å². The van der Waals surface area contributed by atoms with Gasteiger partial charge in [-0.1, -0.05) is 22.9 Å². The summed E-state index contributed by atoms with van der Waals surface area (Å²) < 4.78 is 11.7. The number of carbonyl (C=O) groups is 2. The van der Waals surface area contributed by atoms with Crippen molar-refractivity contribution in [1.82, 2.24) is 0 Å². The van der Waals surface area contributed by atoms with Gasteiger partial charge in [0.05, 0.1) is 12.2 Å². The second-order valence-electron chi connectivity index (χ2n) is 6.57. The summed E-state index contributed by atoms with van der Waals surface area (Å²) in [5.74, 6) is 0.526. The number of carbonyl (C=O) groups excluding carboxylic acids is 2. The normalized spacial score (nSPS) is 15.7. The van der Waals surface area contributed by atoms with Gasteiger partial charge in [-0.05, 0) is 61.9 Å². The predicted octanol–water partition coefficient (Wildman–Crippen LogP) is 4.83. The molecule has 0 aliphatic heterocycles. The van der Waals surface area contributed by atoms with Gasteiger partial charge in [0.25, 0.3) is 5.91 Å². The zero-order valence-electron chi connectivity index (χ0n) is 15.3. The molecule has 0 spiro atoms. The molecule has 1 atom stereocenters. The third kappa shape index (κ3) is 4.90. The molecule has 1 N–H and O–H groups in total. The molecule has 1 unspecified atom stereocenters. The summed E-state index contributed by atoms with van der Waals surface area (Å²) >= 11 is 4.84. The summed E-state index contributed by atoms with van der Waals surface area (Å²) in [6.07, 6.45) is 2.81. The van der Waals surface area contributed by atoms with Gasteiger partial charge in [-0.2, -0.15) is 0 Å². The number of anilines is 1. The van der Waals surface area contributed by atoms with E-state index in [1.165, 1.54) is 16.2 Å². The monoisotopic (exact) mass is 451 g/mol. The number of rotatable bonds is 6. The molecule has 27 heavy (non-hydrogen) atoms. The predicted molar refractivity (Wildman–Crippen MR) is 110 cm³/mol. The van der Waals surface area contributed by atoms with Gasteiger partial charge in [0, 0.05) is 9.35 Å². The van der Waals surface area contributed by atoms with E-state index in [1.807, 2.05) is 12.1 Å². The molecule has 1 heterocycles. The van der Waals surface area contributed by atoms with Crippen molar-refractivity contribution in [1.29, 1.82) is 0 Å². The van der Waals surface area contributed by atoms with Crippen LogP contribution in [0.25, 0.3) is 0 Å². The van der Waals surface area contributed by atoms with Crippen LogP contribution >= 0.6 is 27.3 Å². The van der Waals surface area contributed by atoms with E-state index < -0.39 is 0 Å². The Hall–Kier alpha value is -1.86. The number of halogens is 1. The summed E-state index contributed by atoms with van der Waals surface area (Å²) in [7, 11) is 0. The average molecular weight is 452 g/mol. The average Bonchev–Trinajstić information content (AvgIpc) is 2.98. The van der Waals surface area contributed by atoms with E-state index in [1.54, 1.807) is 19.1 Å². The van der Waals surface area contributed by atoms with E-state index in [0.29, 0.717) is 28.8 Å². The maximum atomic E-state index is 12.5. The van der Waals surface area contributed by atoms with Crippen LogP contribution in [0, 0.1) is 5.92 Å². The molecule has 0 saturated carbocycles. The molecule has 0 radical (unpaired) electrons. The molecule has 0 saturated heterocycles. The Morgan fingerprint density at radius 2 is 2.04 bits per heavy atom. The minimum absolute atomic E-state index is 0.122. The summed E-state index contributed by atoms with van der Waals surface area (Å²) in [6, 6.07) is 7.26. The van der Waals surface area contributed by atoms with Crippen LogP contribution in [0.15, 0.2) is 28.7 Å². The van der Waals surface area contributed by atoms with Gasteiger partial charge in [-0.15, -0.1) is 11.3 Å². The van der Waals surface area contributed by atoms with Gasteiger partial charge in [-0.25, -0.2) is 4.79 Å². The van der Waals surface area contributed by atoms with Crippen molar-refractivity contribution in [3.63, 3.8) is 0 Å².